The maximum atomic E-state index is 6.26. The minimum absolute atomic E-state index is 0.587. The third-order valence-electron chi connectivity index (χ3n) is 10.4. The fraction of sp³-hybridized carbons (Fsp3) is 0. The Balaban J connectivity index is 1.05. The molecule has 0 spiro atoms. The summed E-state index contributed by atoms with van der Waals surface area (Å²) in [5.41, 5.74) is 10.6. The van der Waals surface area contributed by atoms with Crippen molar-refractivity contribution in [2.75, 3.05) is 0 Å². The molecule has 11 aromatic rings. The van der Waals surface area contributed by atoms with E-state index in [0.29, 0.717) is 17.5 Å². The number of nitrogens with zero attached hydrogens (tertiary/aromatic N) is 3. The lowest BCUT2D eigenvalue weighted by atomic mass is 9.98. The van der Waals surface area contributed by atoms with Gasteiger partial charge < -0.3 is 8.83 Å². The highest BCUT2D eigenvalue weighted by atomic mass is 16.3. The molecule has 0 bridgehead atoms. The van der Waals surface area contributed by atoms with E-state index in [1.54, 1.807) is 0 Å². The Morgan fingerprint density at radius 3 is 1.41 bits per heavy atom. The van der Waals surface area contributed by atoms with Gasteiger partial charge in [-0.25, -0.2) is 15.0 Å². The normalized spacial score (nSPS) is 11.7. The highest BCUT2D eigenvalue weighted by molar-refractivity contribution is 6.13. The minimum atomic E-state index is 0.587. The lowest BCUT2D eigenvalue weighted by molar-refractivity contribution is 0.668. The second-order valence-electron chi connectivity index (χ2n) is 13.6. The summed E-state index contributed by atoms with van der Waals surface area (Å²) in [5.74, 6) is 1.78. The van der Waals surface area contributed by atoms with Crippen molar-refractivity contribution < 1.29 is 8.83 Å². The number of fused-ring (bicyclic) bond motifs is 7. The highest BCUT2D eigenvalue weighted by Crippen LogP contribution is 2.39. The number of furan rings is 2. The molecular weight excluding hydrogens is 663 g/mol. The second kappa shape index (κ2) is 12.1. The molecule has 0 saturated heterocycles. The van der Waals surface area contributed by atoms with Crippen molar-refractivity contribution in [1.82, 2.24) is 15.0 Å². The summed E-state index contributed by atoms with van der Waals surface area (Å²) < 4.78 is 12.4. The van der Waals surface area contributed by atoms with Crippen LogP contribution in [0.25, 0.3) is 111 Å². The van der Waals surface area contributed by atoms with Gasteiger partial charge in [0.05, 0.1) is 0 Å². The van der Waals surface area contributed by atoms with Crippen LogP contribution in [0.1, 0.15) is 0 Å². The molecule has 3 aromatic heterocycles. The largest absolute Gasteiger partial charge is 0.456 e. The van der Waals surface area contributed by atoms with E-state index in [-0.39, 0.29) is 0 Å². The van der Waals surface area contributed by atoms with Gasteiger partial charge in [0, 0.05) is 38.2 Å². The summed E-state index contributed by atoms with van der Waals surface area (Å²) in [6, 6.07) is 60.5. The van der Waals surface area contributed by atoms with E-state index in [9.17, 15) is 0 Å². The Bertz CT molecular complexity index is 3210. The van der Waals surface area contributed by atoms with Crippen molar-refractivity contribution in [2.24, 2.45) is 0 Å². The first-order chi connectivity index (χ1) is 26.7. The third kappa shape index (κ3) is 4.98. The van der Waals surface area contributed by atoms with Crippen molar-refractivity contribution in [2.45, 2.75) is 0 Å². The zero-order valence-electron chi connectivity index (χ0n) is 28.9. The van der Waals surface area contributed by atoms with Crippen LogP contribution in [0.5, 0.6) is 0 Å². The molecule has 8 aromatic carbocycles. The Hall–Kier alpha value is -7.37. The first-order valence-corrected chi connectivity index (χ1v) is 18.0. The summed E-state index contributed by atoms with van der Waals surface area (Å²) in [5, 5.41) is 6.66. The van der Waals surface area contributed by atoms with Gasteiger partial charge in [-0.3, -0.25) is 0 Å². The minimum Gasteiger partial charge on any atom is -0.456 e. The molecule has 0 atom stereocenters. The molecule has 0 aliphatic rings. The van der Waals surface area contributed by atoms with Gasteiger partial charge in [0.15, 0.2) is 17.5 Å². The molecule has 0 radical (unpaired) electrons. The van der Waals surface area contributed by atoms with E-state index in [0.717, 1.165) is 82.8 Å². The van der Waals surface area contributed by atoms with Crippen LogP contribution < -0.4 is 0 Å². The summed E-state index contributed by atoms with van der Waals surface area (Å²) in [7, 11) is 0. The zero-order valence-corrected chi connectivity index (χ0v) is 28.9. The molecule has 3 heterocycles. The topological polar surface area (TPSA) is 65.0 Å². The van der Waals surface area contributed by atoms with Crippen LogP contribution in [0, 0.1) is 0 Å². The van der Waals surface area contributed by atoms with Gasteiger partial charge in [0.1, 0.15) is 22.3 Å². The number of para-hydroxylation sites is 2. The van der Waals surface area contributed by atoms with Crippen LogP contribution in [-0.4, -0.2) is 15.0 Å². The predicted molar refractivity (Wildman–Crippen MR) is 219 cm³/mol. The SMILES string of the molecule is c1ccc2cc(-c3ccc(-c4nc(-c5ccc(-c6cccc7oc8ccccc8c67)cc5)nc(-c5cccc6oc7ccccc7c56)n4)cc3)ccc2c1. The molecule has 252 valence electrons. The van der Waals surface area contributed by atoms with Crippen molar-refractivity contribution in [3.8, 4) is 56.4 Å². The van der Waals surface area contributed by atoms with Crippen LogP contribution in [0.4, 0.5) is 0 Å². The predicted octanol–water partition coefficient (Wildman–Crippen LogP) is 13.2. The number of aromatic nitrogens is 3. The maximum Gasteiger partial charge on any atom is 0.164 e. The van der Waals surface area contributed by atoms with E-state index < -0.39 is 0 Å². The smallest absolute Gasteiger partial charge is 0.164 e. The van der Waals surface area contributed by atoms with Gasteiger partial charge in [-0.2, -0.15) is 0 Å². The first kappa shape index (κ1) is 30.3. The van der Waals surface area contributed by atoms with E-state index in [1.165, 1.54) is 10.8 Å². The van der Waals surface area contributed by atoms with Crippen molar-refractivity contribution in [3.63, 3.8) is 0 Å². The maximum absolute atomic E-state index is 6.26. The van der Waals surface area contributed by atoms with Crippen LogP contribution in [0.15, 0.2) is 185 Å². The third-order valence-corrected chi connectivity index (χ3v) is 10.4. The number of hydrogen-bond donors (Lipinski definition) is 0. The van der Waals surface area contributed by atoms with E-state index in [4.69, 9.17) is 23.8 Å². The van der Waals surface area contributed by atoms with E-state index in [2.05, 4.69) is 121 Å². The molecule has 5 heteroatoms. The van der Waals surface area contributed by atoms with Gasteiger partial charge in [0.25, 0.3) is 0 Å². The Morgan fingerprint density at radius 1 is 0.296 bits per heavy atom. The fourth-order valence-electron chi connectivity index (χ4n) is 7.71. The van der Waals surface area contributed by atoms with E-state index >= 15 is 0 Å². The molecule has 0 aliphatic carbocycles. The van der Waals surface area contributed by atoms with Gasteiger partial charge in [-0.15, -0.1) is 0 Å². The Labute approximate surface area is 309 Å². The average molecular weight is 692 g/mol. The standard InChI is InChI=1S/C49H29N3O2/c1-2-10-35-29-36(28-21-30(35)9-1)31-19-24-33(25-20-31)47-50-48(52-49(51-47)40-14-8-18-44-46(40)39-12-4-6-16-42(39)54-44)34-26-22-32(23-27-34)37-13-7-17-43-45(37)38-11-3-5-15-41(38)53-43/h1-29H. The van der Waals surface area contributed by atoms with Crippen molar-refractivity contribution in [3.05, 3.63) is 176 Å². The van der Waals surface area contributed by atoms with Gasteiger partial charge >= 0.3 is 0 Å². The Kier molecular flexibility index (Phi) is 6.79. The monoisotopic (exact) mass is 691 g/mol. The summed E-state index contributed by atoms with van der Waals surface area (Å²) in [6.07, 6.45) is 0. The molecule has 54 heavy (non-hydrogen) atoms. The van der Waals surface area contributed by atoms with Crippen LogP contribution in [-0.2, 0) is 0 Å². The lowest BCUT2D eigenvalue weighted by Gasteiger charge is -2.11. The van der Waals surface area contributed by atoms with E-state index in [1.807, 2.05) is 54.6 Å². The van der Waals surface area contributed by atoms with Crippen molar-refractivity contribution in [1.29, 1.82) is 0 Å². The molecule has 0 unspecified atom stereocenters. The molecule has 0 amide bonds. The van der Waals surface area contributed by atoms with Gasteiger partial charge in [-0.1, -0.05) is 146 Å². The number of hydrogen-bond acceptors (Lipinski definition) is 5. The summed E-state index contributed by atoms with van der Waals surface area (Å²) in [4.78, 5) is 15.4. The van der Waals surface area contributed by atoms with Crippen molar-refractivity contribution >= 4 is 54.6 Å². The number of benzene rings is 8. The molecule has 0 N–H and O–H groups in total. The molecular formula is C49H29N3O2. The molecule has 0 saturated carbocycles. The summed E-state index contributed by atoms with van der Waals surface area (Å²) in [6.45, 7) is 0. The zero-order chi connectivity index (χ0) is 35.6. The molecule has 5 nitrogen and oxygen atoms in total. The fourth-order valence-corrected chi connectivity index (χ4v) is 7.71. The average Bonchev–Trinajstić information content (AvgIpc) is 3.82. The molecule has 0 fully saturated rings. The molecule has 11 rings (SSSR count). The number of rotatable bonds is 5. The second-order valence-corrected chi connectivity index (χ2v) is 13.6. The molecule has 0 aliphatic heterocycles. The lowest BCUT2D eigenvalue weighted by Crippen LogP contribution is -2.00. The van der Waals surface area contributed by atoms with Crippen LogP contribution in [0.3, 0.4) is 0 Å². The van der Waals surface area contributed by atoms with Crippen LogP contribution >= 0.6 is 0 Å². The Morgan fingerprint density at radius 2 is 0.759 bits per heavy atom. The quantitative estimate of drug-likeness (QED) is 0.180. The first-order valence-electron chi connectivity index (χ1n) is 18.0. The van der Waals surface area contributed by atoms with Gasteiger partial charge in [0.2, 0.25) is 0 Å². The summed E-state index contributed by atoms with van der Waals surface area (Å²) >= 11 is 0. The van der Waals surface area contributed by atoms with Gasteiger partial charge in [-0.05, 0) is 63.4 Å². The van der Waals surface area contributed by atoms with Crippen LogP contribution in [0.2, 0.25) is 0 Å². The highest BCUT2D eigenvalue weighted by Gasteiger charge is 2.18.